The van der Waals surface area contributed by atoms with Crippen molar-refractivity contribution >= 4 is 22.2 Å². The highest BCUT2D eigenvalue weighted by Gasteiger charge is 2.15. The molecule has 0 atom stereocenters. The number of ether oxygens (including phenoxy) is 2. The summed E-state index contributed by atoms with van der Waals surface area (Å²) in [5.41, 5.74) is 6.04. The summed E-state index contributed by atoms with van der Waals surface area (Å²) in [6.07, 6.45) is 0. The second-order valence-corrected chi connectivity index (χ2v) is 4.45. The van der Waals surface area contributed by atoms with E-state index in [1.807, 2.05) is 0 Å². The summed E-state index contributed by atoms with van der Waals surface area (Å²) in [6.45, 7) is 0.206. The quantitative estimate of drug-likeness (QED) is 0.666. The van der Waals surface area contributed by atoms with Gasteiger partial charge in [0.05, 0.1) is 23.8 Å². The molecule has 0 aliphatic carbocycles. The Kier molecular flexibility index (Phi) is 3.81. The number of benzene rings is 1. The van der Waals surface area contributed by atoms with Crippen LogP contribution >= 0.6 is 11.3 Å². The zero-order valence-corrected chi connectivity index (χ0v) is 10.8. The molecule has 0 aliphatic rings. The number of nitrogens with two attached hydrogens (primary N) is 1. The third-order valence-corrected chi connectivity index (χ3v) is 3.03. The van der Waals surface area contributed by atoms with Crippen LogP contribution in [0.25, 0.3) is 0 Å². The number of nitro groups is 1. The zero-order chi connectivity index (χ0) is 13.8. The summed E-state index contributed by atoms with van der Waals surface area (Å²) < 4.78 is 10.3. The van der Waals surface area contributed by atoms with Gasteiger partial charge in [0.15, 0.2) is 10.9 Å². The van der Waals surface area contributed by atoms with Gasteiger partial charge in [-0.2, -0.15) is 0 Å². The predicted molar refractivity (Wildman–Crippen MR) is 70.5 cm³/mol. The molecule has 0 saturated carbocycles. The Bertz CT molecular complexity index is 599. The maximum Gasteiger partial charge on any atom is 0.314 e. The van der Waals surface area contributed by atoms with Crippen molar-refractivity contribution in [3.63, 3.8) is 0 Å². The van der Waals surface area contributed by atoms with Crippen LogP contribution in [0.5, 0.6) is 11.5 Å². The Morgan fingerprint density at radius 3 is 2.89 bits per heavy atom. The molecule has 1 aromatic heterocycles. The molecule has 2 rings (SSSR count). The van der Waals surface area contributed by atoms with Crippen LogP contribution in [0.4, 0.5) is 10.8 Å². The van der Waals surface area contributed by atoms with Crippen LogP contribution in [-0.2, 0) is 6.61 Å². The van der Waals surface area contributed by atoms with E-state index in [1.165, 1.54) is 30.6 Å². The molecule has 0 saturated heterocycles. The minimum absolute atomic E-state index is 0.141. The lowest BCUT2D eigenvalue weighted by molar-refractivity contribution is -0.385. The van der Waals surface area contributed by atoms with Gasteiger partial charge < -0.3 is 15.2 Å². The number of rotatable bonds is 5. The number of hydrogen-bond donors (Lipinski definition) is 1. The van der Waals surface area contributed by atoms with Crippen LogP contribution in [0.1, 0.15) is 5.69 Å². The molecule has 1 aromatic carbocycles. The fraction of sp³-hybridized carbons (Fsp3) is 0.182. The molecule has 0 bridgehead atoms. The number of methoxy groups -OCH3 is 1. The van der Waals surface area contributed by atoms with Crippen molar-refractivity contribution in [2.75, 3.05) is 12.8 Å². The van der Waals surface area contributed by atoms with Crippen LogP contribution in [0.15, 0.2) is 23.6 Å². The van der Waals surface area contributed by atoms with E-state index < -0.39 is 4.92 Å². The van der Waals surface area contributed by atoms with Crippen molar-refractivity contribution < 1.29 is 14.4 Å². The molecule has 0 unspecified atom stereocenters. The van der Waals surface area contributed by atoms with E-state index in [9.17, 15) is 10.1 Å². The average molecular weight is 281 g/mol. The fourth-order valence-corrected chi connectivity index (χ4v) is 2.00. The SMILES string of the molecule is COc1ccc(OCc2csc(N)n2)cc1[N+](=O)[O-]. The van der Waals surface area contributed by atoms with Gasteiger partial charge in [-0.15, -0.1) is 11.3 Å². The minimum atomic E-state index is -0.521. The molecule has 0 amide bonds. The molecule has 0 aliphatic heterocycles. The number of nitrogen functional groups attached to an aromatic ring is 1. The van der Waals surface area contributed by atoms with E-state index in [0.29, 0.717) is 16.6 Å². The Balaban J connectivity index is 2.12. The largest absolute Gasteiger partial charge is 0.490 e. The molecular formula is C11H11N3O4S. The monoisotopic (exact) mass is 281 g/mol. The fourth-order valence-electron chi connectivity index (χ4n) is 1.45. The molecular weight excluding hydrogens is 270 g/mol. The van der Waals surface area contributed by atoms with Gasteiger partial charge in [0.1, 0.15) is 12.4 Å². The Labute approximate surface area is 112 Å². The van der Waals surface area contributed by atoms with Crippen molar-refractivity contribution in [1.82, 2.24) is 4.98 Å². The lowest BCUT2D eigenvalue weighted by Crippen LogP contribution is -1.98. The molecule has 1 heterocycles. The van der Waals surface area contributed by atoms with E-state index >= 15 is 0 Å². The normalized spacial score (nSPS) is 10.2. The lowest BCUT2D eigenvalue weighted by atomic mass is 10.3. The van der Waals surface area contributed by atoms with Crippen molar-refractivity contribution in [3.05, 3.63) is 39.4 Å². The van der Waals surface area contributed by atoms with Crippen LogP contribution in [0.2, 0.25) is 0 Å². The Hall–Kier alpha value is -2.35. The topological polar surface area (TPSA) is 101 Å². The zero-order valence-electron chi connectivity index (χ0n) is 10.0. The van der Waals surface area contributed by atoms with Crippen molar-refractivity contribution in [2.24, 2.45) is 0 Å². The summed E-state index contributed by atoms with van der Waals surface area (Å²) >= 11 is 1.31. The highest BCUT2D eigenvalue weighted by molar-refractivity contribution is 7.13. The summed E-state index contributed by atoms with van der Waals surface area (Å²) in [7, 11) is 1.38. The second-order valence-electron chi connectivity index (χ2n) is 3.56. The Morgan fingerprint density at radius 1 is 1.53 bits per heavy atom. The van der Waals surface area contributed by atoms with E-state index in [1.54, 1.807) is 11.4 Å². The van der Waals surface area contributed by atoms with Crippen LogP contribution in [-0.4, -0.2) is 17.0 Å². The third kappa shape index (κ3) is 3.10. The number of nitrogens with zero attached hydrogens (tertiary/aromatic N) is 2. The first kappa shape index (κ1) is 13.1. The highest BCUT2D eigenvalue weighted by Crippen LogP contribution is 2.31. The molecule has 8 heteroatoms. The van der Waals surface area contributed by atoms with Crippen molar-refractivity contribution in [3.8, 4) is 11.5 Å². The summed E-state index contributed by atoms with van der Waals surface area (Å²) in [5, 5.41) is 13.1. The summed E-state index contributed by atoms with van der Waals surface area (Å²) in [6, 6.07) is 4.40. The highest BCUT2D eigenvalue weighted by atomic mass is 32.1. The number of anilines is 1. The second kappa shape index (κ2) is 5.53. The van der Waals surface area contributed by atoms with E-state index in [-0.39, 0.29) is 18.0 Å². The van der Waals surface area contributed by atoms with Gasteiger partial charge in [0.25, 0.3) is 0 Å². The first-order chi connectivity index (χ1) is 9.10. The van der Waals surface area contributed by atoms with Crippen LogP contribution in [0, 0.1) is 10.1 Å². The summed E-state index contributed by atoms with van der Waals surface area (Å²) in [5.74, 6) is 0.564. The Morgan fingerprint density at radius 2 is 2.32 bits per heavy atom. The maximum atomic E-state index is 10.9. The third-order valence-electron chi connectivity index (χ3n) is 2.30. The molecule has 0 radical (unpaired) electrons. The molecule has 2 aromatic rings. The van der Waals surface area contributed by atoms with Gasteiger partial charge in [-0.3, -0.25) is 10.1 Å². The van der Waals surface area contributed by atoms with Crippen LogP contribution in [0.3, 0.4) is 0 Å². The summed E-state index contributed by atoms with van der Waals surface area (Å²) in [4.78, 5) is 14.4. The van der Waals surface area contributed by atoms with Gasteiger partial charge in [0, 0.05) is 5.38 Å². The molecule has 2 N–H and O–H groups in total. The first-order valence-electron chi connectivity index (χ1n) is 5.25. The van der Waals surface area contributed by atoms with Crippen LogP contribution < -0.4 is 15.2 Å². The number of hydrogen-bond acceptors (Lipinski definition) is 7. The van der Waals surface area contributed by atoms with Crippen molar-refractivity contribution in [2.45, 2.75) is 6.61 Å². The molecule has 7 nitrogen and oxygen atoms in total. The van der Waals surface area contributed by atoms with Gasteiger partial charge >= 0.3 is 5.69 Å². The molecule has 19 heavy (non-hydrogen) atoms. The lowest BCUT2D eigenvalue weighted by Gasteiger charge is -2.06. The first-order valence-corrected chi connectivity index (χ1v) is 6.13. The minimum Gasteiger partial charge on any atom is -0.490 e. The number of nitro benzene ring substituents is 1. The predicted octanol–water partition coefficient (Wildman–Crippen LogP) is 2.22. The number of thiazole rings is 1. The van der Waals surface area contributed by atoms with Gasteiger partial charge in [0.2, 0.25) is 0 Å². The standard InChI is InChI=1S/C11H11N3O4S/c1-17-10-3-2-8(4-9(10)14(15)16)18-5-7-6-19-11(12)13-7/h2-4,6H,5H2,1H3,(H2,12,13). The van der Waals surface area contributed by atoms with E-state index in [2.05, 4.69) is 4.98 Å². The molecule has 0 fully saturated rings. The molecule has 0 spiro atoms. The number of aromatic nitrogens is 1. The van der Waals surface area contributed by atoms with E-state index in [4.69, 9.17) is 15.2 Å². The maximum absolute atomic E-state index is 10.9. The van der Waals surface area contributed by atoms with Gasteiger partial charge in [-0.1, -0.05) is 0 Å². The smallest absolute Gasteiger partial charge is 0.314 e. The van der Waals surface area contributed by atoms with Crippen molar-refractivity contribution in [1.29, 1.82) is 0 Å². The average Bonchev–Trinajstić information content (AvgIpc) is 2.81. The van der Waals surface area contributed by atoms with Gasteiger partial charge in [-0.25, -0.2) is 4.98 Å². The van der Waals surface area contributed by atoms with E-state index in [0.717, 1.165) is 0 Å². The van der Waals surface area contributed by atoms with Gasteiger partial charge in [-0.05, 0) is 12.1 Å². The molecule has 100 valence electrons.